The second-order valence-electron chi connectivity index (χ2n) is 4.74. The highest BCUT2D eigenvalue weighted by Gasteiger charge is 2.13. The molecule has 21 heavy (non-hydrogen) atoms. The van der Waals surface area contributed by atoms with E-state index in [0.29, 0.717) is 6.61 Å². The zero-order valence-corrected chi connectivity index (χ0v) is 13.1. The molecule has 108 valence electrons. The summed E-state index contributed by atoms with van der Waals surface area (Å²) in [5, 5.41) is 4.47. The number of aromatic nitrogens is 2. The van der Waals surface area contributed by atoms with E-state index in [1.165, 1.54) is 10.4 Å². The molecule has 0 saturated carbocycles. The highest BCUT2D eigenvalue weighted by Crippen LogP contribution is 2.35. The van der Waals surface area contributed by atoms with Crippen LogP contribution in [0.2, 0.25) is 0 Å². The molecule has 0 unspecified atom stereocenters. The van der Waals surface area contributed by atoms with Crippen molar-refractivity contribution in [3.05, 3.63) is 41.0 Å². The van der Waals surface area contributed by atoms with Crippen LogP contribution in [0.25, 0.3) is 10.2 Å². The van der Waals surface area contributed by atoms with E-state index in [1.807, 2.05) is 31.2 Å². The van der Waals surface area contributed by atoms with Crippen LogP contribution >= 0.6 is 11.3 Å². The third-order valence-corrected chi connectivity index (χ3v) is 4.52. The smallest absolute Gasteiger partial charge is 0.142 e. The predicted octanol–water partition coefficient (Wildman–Crippen LogP) is 4.45. The van der Waals surface area contributed by atoms with Crippen LogP contribution in [-0.4, -0.2) is 16.6 Å². The van der Waals surface area contributed by atoms with Crippen LogP contribution in [0.3, 0.4) is 0 Å². The summed E-state index contributed by atoms with van der Waals surface area (Å²) in [5.74, 6) is 1.66. The number of ether oxygens (including phenoxy) is 1. The Balaban J connectivity index is 2.06. The number of rotatable bonds is 4. The number of fused-ring (bicyclic) bond motifs is 1. The van der Waals surface area contributed by atoms with Crippen molar-refractivity contribution in [3.63, 3.8) is 0 Å². The second-order valence-corrected chi connectivity index (χ2v) is 5.94. The largest absolute Gasteiger partial charge is 0.492 e. The van der Waals surface area contributed by atoms with Crippen molar-refractivity contribution in [3.8, 4) is 5.75 Å². The van der Waals surface area contributed by atoms with Crippen LogP contribution < -0.4 is 10.1 Å². The van der Waals surface area contributed by atoms with Gasteiger partial charge in [-0.25, -0.2) is 9.97 Å². The second kappa shape index (κ2) is 5.69. The van der Waals surface area contributed by atoms with Gasteiger partial charge in [0.1, 0.15) is 22.7 Å². The highest BCUT2D eigenvalue weighted by molar-refractivity contribution is 7.18. The van der Waals surface area contributed by atoms with Crippen molar-refractivity contribution in [2.75, 3.05) is 11.9 Å². The summed E-state index contributed by atoms with van der Waals surface area (Å²) in [5.41, 5.74) is 2.15. The molecule has 4 nitrogen and oxygen atoms in total. The van der Waals surface area contributed by atoms with Crippen molar-refractivity contribution in [2.24, 2.45) is 0 Å². The van der Waals surface area contributed by atoms with Gasteiger partial charge in [0, 0.05) is 4.88 Å². The minimum atomic E-state index is 0.633. The van der Waals surface area contributed by atoms with Gasteiger partial charge in [-0.05, 0) is 38.5 Å². The molecule has 5 heteroatoms. The molecule has 0 atom stereocenters. The normalized spacial score (nSPS) is 10.8. The van der Waals surface area contributed by atoms with Crippen molar-refractivity contribution in [1.82, 2.24) is 9.97 Å². The number of para-hydroxylation sites is 2. The molecule has 0 spiro atoms. The standard InChI is InChI=1S/C16H17N3OS/c1-4-20-13-8-6-5-7-12(13)19-15-14-10(2)11(3)21-16(14)18-9-17-15/h5-9H,4H2,1-3H3,(H,17,18,19). The molecule has 2 heterocycles. The zero-order chi connectivity index (χ0) is 14.8. The number of hydrogen-bond acceptors (Lipinski definition) is 5. The minimum Gasteiger partial charge on any atom is -0.492 e. The molecule has 2 aromatic heterocycles. The number of thiophene rings is 1. The maximum atomic E-state index is 5.65. The van der Waals surface area contributed by atoms with Gasteiger partial charge in [0.15, 0.2) is 0 Å². The van der Waals surface area contributed by atoms with Gasteiger partial charge in [-0.15, -0.1) is 11.3 Å². The van der Waals surface area contributed by atoms with Crippen LogP contribution in [0, 0.1) is 13.8 Å². The maximum Gasteiger partial charge on any atom is 0.142 e. The van der Waals surface area contributed by atoms with Crippen LogP contribution in [0.15, 0.2) is 30.6 Å². The Kier molecular flexibility index (Phi) is 3.75. The predicted molar refractivity (Wildman–Crippen MR) is 87.8 cm³/mol. The van der Waals surface area contributed by atoms with Crippen molar-refractivity contribution >= 4 is 33.1 Å². The molecule has 0 radical (unpaired) electrons. The number of nitrogens with one attached hydrogen (secondary N) is 1. The Morgan fingerprint density at radius 1 is 1.19 bits per heavy atom. The fourth-order valence-corrected chi connectivity index (χ4v) is 3.25. The Morgan fingerprint density at radius 2 is 2.00 bits per heavy atom. The summed E-state index contributed by atoms with van der Waals surface area (Å²) in [4.78, 5) is 11.0. The first-order chi connectivity index (χ1) is 10.2. The SMILES string of the molecule is CCOc1ccccc1Nc1ncnc2sc(C)c(C)c12. The van der Waals surface area contributed by atoms with Crippen LogP contribution in [-0.2, 0) is 0 Å². The average molecular weight is 299 g/mol. The Bertz CT molecular complexity index is 782. The summed E-state index contributed by atoms with van der Waals surface area (Å²) in [7, 11) is 0. The lowest BCUT2D eigenvalue weighted by Gasteiger charge is -2.12. The highest BCUT2D eigenvalue weighted by atomic mass is 32.1. The van der Waals surface area contributed by atoms with E-state index in [4.69, 9.17) is 4.74 Å². The molecule has 1 N–H and O–H groups in total. The van der Waals surface area contributed by atoms with E-state index in [2.05, 4.69) is 29.1 Å². The molecular weight excluding hydrogens is 282 g/mol. The molecule has 3 aromatic rings. The fourth-order valence-electron chi connectivity index (χ4n) is 2.26. The van der Waals surface area contributed by atoms with Gasteiger partial charge in [-0.3, -0.25) is 0 Å². The van der Waals surface area contributed by atoms with E-state index >= 15 is 0 Å². The average Bonchev–Trinajstić information content (AvgIpc) is 2.77. The van der Waals surface area contributed by atoms with Gasteiger partial charge in [-0.2, -0.15) is 0 Å². The monoisotopic (exact) mass is 299 g/mol. The third kappa shape index (κ3) is 2.56. The molecule has 0 bridgehead atoms. The summed E-state index contributed by atoms with van der Waals surface area (Å²) >= 11 is 1.70. The van der Waals surface area contributed by atoms with E-state index in [9.17, 15) is 0 Å². The van der Waals surface area contributed by atoms with Crippen LogP contribution in [0.4, 0.5) is 11.5 Å². The molecule has 0 fully saturated rings. The van der Waals surface area contributed by atoms with E-state index < -0.39 is 0 Å². The Labute approximate surface area is 127 Å². The molecule has 1 aromatic carbocycles. The number of hydrogen-bond donors (Lipinski definition) is 1. The topological polar surface area (TPSA) is 47.0 Å². The fraction of sp³-hybridized carbons (Fsp3) is 0.250. The van der Waals surface area contributed by atoms with E-state index in [1.54, 1.807) is 17.7 Å². The Hall–Kier alpha value is -2.14. The third-order valence-electron chi connectivity index (χ3n) is 3.41. The number of nitrogens with zero attached hydrogens (tertiary/aromatic N) is 2. The van der Waals surface area contributed by atoms with Gasteiger partial charge >= 0.3 is 0 Å². The summed E-state index contributed by atoms with van der Waals surface area (Å²) in [6, 6.07) is 7.89. The molecule has 0 saturated heterocycles. The van der Waals surface area contributed by atoms with Gasteiger partial charge in [-0.1, -0.05) is 12.1 Å². The first-order valence-electron chi connectivity index (χ1n) is 6.90. The van der Waals surface area contributed by atoms with Gasteiger partial charge in [0.2, 0.25) is 0 Å². The number of benzene rings is 1. The summed E-state index contributed by atoms with van der Waals surface area (Å²) in [6.45, 7) is 6.83. The quantitative estimate of drug-likeness (QED) is 0.773. The molecule has 3 rings (SSSR count). The zero-order valence-electron chi connectivity index (χ0n) is 12.3. The lowest BCUT2D eigenvalue weighted by atomic mass is 10.2. The van der Waals surface area contributed by atoms with Gasteiger partial charge < -0.3 is 10.1 Å². The number of anilines is 2. The molecule has 0 amide bonds. The lowest BCUT2D eigenvalue weighted by Crippen LogP contribution is -1.99. The molecule has 0 aliphatic rings. The minimum absolute atomic E-state index is 0.633. The lowest BCUT2D eigenvalue weighted by molar-refractivity contribution is 0.342. The van der Waals surface area contributed by atoms with Crippen LogP contribution in [0.1, 0.15) is 17.4 Å². The summed E-state index contributed by atoms with van der Waals surface area (Å²) in [6.07, 6.45) is 1.60. The molecule has 0 aliphatic carbocycles. The number of aryl methyl sites for hydroxylation is 2. The van der Waals surface area contributed by atoms with Crippen molar-refractivity contribution < 1.29 is 4.74 Å². The summed E-state index contributed by atoms with van der Waals surface area (Å²) < 4.78 is 5.65. The molecule has 0 aliphatic heterocycles. The molecular formula is C16H17N3OS. The van der Waals surface area contributed by atoms with E-state index in [-0.39, 0.29) is 0 Å². The van der Waals surface area contributed by atoms with E-state index in [0.717, 1.165) is 27.5 Å². The van der Waals surface area contributed by atoms with Gasteiger partial charge in [0.05, 0.1) is 17.7 Å². The maximum absolute atomic E-state index is 5.65. The Morgan fingerprint density at radius 3 is 2.81 bits per heavy atom. The van der Waals surface area contributed by atoms with Crippen molar-refractivity contribution in [1.29, 1.82) is 0 Å². The van der Waals surface area contributed by atoms with Gasteiger partial charge in [0.25, 0.3) is 0 Å². The van der Waals surface area contributed by atoms with Crippen LogP contribution in [0.5, 0.6) is 5.75 Å². The first-order valence-corrected chi connectivity index (χ1v) is 7.72. The van der Waals surface area contributed by atoms with Crippen molar-refractivity contribution in [2.45, 2.75) is 20.8 Å². The first kappa shape index (κ1) is 13.8.